The Balaban J connectivity index is 2.29. The lowest BCUT2D eigenvalue weighted by Gasteiger charge is -2.29. The average Bonchev–Trinajstić information content (AvgIpc) is 2.17. The summed E-state index contributed by atoms with van der Waals surface area (Å²) in [5.41, 5.74) is 5.58. The third-order valence-corrected chi connectivity index (χ3v) is 2.97. The normalized spacial score (nSPS) is 20.5. The summed E-state index contributed by atoms with van der Waals surface area (Å²) in [7, 11) is 0. The Morgan fingerprint density at radius 1 is 1.47 bits per heavy atom. The van der Waals surface area contributed by atoms with Crippen LogP contribution in [0.1, 0.15) is 25.7 Å². The number of halogens is 3. The van der Waals surface area contributed by atoms with E-state index in [1.54, 1.807) is 5.32 Å². The Labute approximate surface area is 97.4 Å². The Morgan fingerprint density at radius 3 is 2.47 bits per heavy atom. The highest BCUT2D eigenvalue weighted by Crippen LogP contribution is 2.30. The van der Waals surface area contributed by atoms with Crippen molar-refractivity contribution in [2.24, 2.45) is 11.7 Å². The van der Waals surface area contributed by atoms with Crippen LogP contribution in [0, 0.1) is 5.92 Å². The van der Waals surface area contributed by atoms with E-state index in [1.807, 2.05) is 0 Å². The molecular weight excluding hydrogens is 237 g/mol. The molecule has 2 unspecified atom stereocenters. The monoisotopic (exact) mass is 254 g/mol. The lowest BCUT2D eigenvalue weighted by molar-refractivity contribution is -0.144. The maximum atomic E-state index is 11.8. The summed E-state index contributed by atoms with van der Waals surface area (Å²) in [4.78, 5) is 11.2. The van der Waals surface area contributed by atoms with E-state index in [9.17, 15) is 23.1 Å². The molecule has 17 heavy (non-hydrogen) atoms. The minimum Gasteiger partial charge on any atom is -0.382 e. The maximum absolute atomic E-state index is 11.8. The van der Waals surface area contributed by atoms with Gasteiger partial charge in [0, 0.05) is 6.04 Å². The van der Waals surface area contributed by atoms with Crippen LogP contribution in [0.15, 0.2) is 0 Å². The van der Waals surface area contributed by atoms with E-state index in [4.69, 9.17) is 5.73 Å². The number of nitrogens with one attached hydrogen (secondary N) is 1. The molecule has 0 radical (unpaired) electrons. The first-order valence-corrected chi connectivity index (χ1v) is 5.57. The van der Waals surface area contributed by atoms with Gasteiger partial charge in [-0.05, 0) is 12.3 Å². The van der Waals surface area contributed by atoms with Crippen LogP contribution in [-0.4, -0.2) is 35.9 Å². The van der Waals surface area contributed by atoms with Gasteiger partial charge in [-0.1, -0.05) is 19.3 Å². The quantitative estimate of drug-likeness (QED) is 0.670. The van der Waals surface area contributed by atoms with Gasteiger partial charge in [-0.15, -0.1) is 0 Å². The van der Waals surface area contributed by atoms with Gasteiger partial charge in [0.25, 0.3) is 5.91 Å². The number of alkyl halides is 3. The molecule has 1 fully saturated rings. The van der Waals surface area contributed by atoms with Crippen molar-refractivity contribution in [3.63, 3.8) is 0 Å². The zero-order valence-corrected chi connectivity index (χ0v) is 9.33. The minimum atomic E-state index is -4.48. The number of carbonyl (C=O) groups excluding carboxylic acids is 1. The minimum absolute atomic E-state index is 0.384. The molecule has 4 N–H and O–H groups in total. The third kappa shape index (κ3) is 4.91. The number of rotatable bonds is 5. The summed E-state index contributed by atoms with van der Waals surface area (Å²) in [6.07, 6.45) is -2.46. The van der Waals surface area contributed by atoms with Crippen LogP contribution in [0.5, 0.6) is 0 Å². The first-order valence-electron chi connectivity index (χ1n) is 5.57. The summed E-state index contributed by atoms with van der Waals surface area (Å²) in [6, 6.07) is -0.798. The van der Waals surface area contributed by atoms with E-state index in [1.165, 1.54) is 0 Å². The van der Waals surface area contributed by atoms with E-state index in [0.29, 0.717) is 12.3 Å². The number of hydrogen-bond donors (Lipinski definition) is 3. The molecule has 0 saturated heterocycles. The fourth-order valence-electron chi connectivity index (χ4n) is 1.73. The molecule has 0 bridgehead atoms. The topological polar surface area (TPSA) is 75.3 Å². The molecule has 1 rings (SSSR count). The van der Waals surface area contributed by atoms with Crippen LogP contribution >= 0.6 is 0 Å². The Bertz CT molecular complexity index is 267. The highest BCUT2D eigenvalue weighted by molar-refractivity contribution is 5.81. The lowest BCUT2D eigenvalue weighted by atomic mass is 9.80. The van der Waals surface area contributed by atoms with Gasteiger partial charge >= 0.3 is 6.18 Å². The van der Waals surface area contributed by atoms with E-state index in [0.717, 1.165) is 19.3 Å². The molecule has 100 valence electrons. The van der Waals surface area contributed by atoms with Crippen molar-refractivity contribution >= 4 is 5.91 Å². The number of aliphatic hydroxyl groups is 1. The van der Waals surface area contributed by atoms with Crippen LogP contribution < -0.4 is 11.1 Å². The van der Waals surface area contributed by atoms with Gasteiger partial charge in [0.15, 0.2) is 0 Å². The molecule has 7 heteroatoms. The average molecular weight is 254 g/mol. The summed E-state index contributed by atoms with van der Waals surface area (Å²) >= 11 is 0. The van der Waals surface area contributed by atoms with Crippen molar-refractivity contribution in [3.05, 3.63) is 0 Å². The third-order valence-electron chi connectivity index (χ3n) is 2.97. The number of hydrogen-bond acceptors (Lipinski definition) is 3. The molecule has 0 aromatic carbocycles. The first-order chi connectivity index (χ1) is 7.79. The Kier molecular flexibility index (Phi) is 4.76. The molecule has 1 aliphatic rings. The second-order valence-electron chi connectivity index (χ2n) is 4.47. The van der Waals surface area contributed by atoms with Crippen LogP contribution in [-0.2, 0) is 4.79 Å². The summed E-state index contributed by atoms with van der Waals surface area (Å²) in [6.45, 7) is -1.45. The van der Waals surface area contributed by atoms with E-state index in [-0.39, 0.29) is 0 Å². The van der Waals surface area contributed by atoms with E-state index in [2.05, 4.69) is 0 Å². The molecule has 0 aromatic heterocycles. The molecule has 0 spiro atoms. The Hall–Kier alpha value is -0.820. The number of carbonyl (C=O) groups is 1. The van der Waals surface area contributed by atoms with Crippen molar-refractivity contribution in [3.8, 4) is 0 Å². The maximum Gasteiger partial charge on any atom is 0.405 e. The van der Waals surface area contributed by atoms with Crippen molar-refractivity contribution in [1.29, 1.82) is 0 Å². The highest BCUT2D eigenvalue weighted by atomic mass is 19.4. The smallest absolute Gasteiger partial charge is 0.382 e. The summed E-state index contributed by atoms with van der Waals surface area (Å²) < 4.78 is 35.5. The van der Waals surface area contributed by atoms with Crippen molar-refractivity contribution < 1.29 is 23.1 Å². The SMILES string of the molecule is NC(CC1CCC1)C(O)C(=O)NCC(F)(F)F. The summed E-state index contributed by atoms with van der Waals surface area (Å²) in [5, 5.41) is 11.1. The van der Waals surface area contributed by atoms with E-state index < -0.39 is 30.8 Å². The van der Waals surface area contributed by atoms with Gasteiger partial charge in [-0.25, -0.2) is 0 Å². The zero-order valence-electron chi connectivity index (χ0n) is 9.33. The number of amides is 1. The molecule has 0 aliphatic heterocycles. The zero-order chi connectivity index (χ0) is 13.1. The summed E-state index contributed by atoms with van der Waals surface area (Å²) in [5.74, 6) is -0.677. The van der Waals surface area contributed by atoms with Gasteiger partial charge in [0.05, 0.1) is 0 Å². The fraction of sp³-hybridized carbons (Fsp3) is 0.900. The number of nitrogens with two attached hydrogens (primary N) is 1. The Morgan fingerprint density at radius 2 is 2.06 bits per heavy atom. The van der Waals surface area contributed by atoms with Gasteiger partial charge in [-0.3, -0.25) is 4.79 Å². The second kappa shape index (κ2) is 5.68. The molecule has 0 aromatic rings. The van der Waals surface area contributed by atoms with Crippen molar-refractivity contribution in [2.45, 2.75) is 44.0 Å². The van der Waals surface area contributed by atoms with Gasteiger partial charge < -0.3 is 16.2 Å². The van der Waals surface area contributed by atoms with Crippen LogP contribution in [0.2, 0.25) is 0 Å². The van der Waals surface area contributed by atoms with Crippen molar-refractivity contribution in [1.82, 2.24) is 5.32 Å². The van der Waals surface area contributed by atoms with Gasteiger partial charge in [0.1, 0.15) is 12.6 Å². The molecule has 2 atom stereocenters. The predicted molar refractivity (Wildman–Crippen MR) is 55.0 cm³/mol. The molecule has 1 aliphatic carbocycles. The molecule has 4 nitrogen and oxygen atoms in total. The van der Waals surface area contributed by atoms with Crippen LogP contribution in [0.4, 0.5) is 13.2 Å². The molecular formula is C10H17F3N2O2. The van der Waals surface area contributed by atoms with Gasteiger partial charge in [0.2, 0.25) is 0 Å². The molecule has 1 saturated carbocycles. The predicted octanol–water partition coefficient (Wildman–Crippen LogP) is 0.543. The van der Waals surface area contributed by atoms with Gasteiger partial charge in [-0.2, -0.15) is 13.2 Å². The lowest BCUT2D eigenvalue weighted by Crippen LogP contribution is -2.49. The van der Waals surface area contributed by atoms with Crippen LogP contribution in [0.25, 0.3) is 0 Å². The van der Waals surface area contributed by atoms with E-state index >= 15 is 0 Å². The first kappa shape index (κ1) is 14.2. The standard InChI is InChI=1S/C10H17F3N2O2/c11-10(12,13)5-15-9(17)8(16)7(14)4-6-2-1-3-6/h6-8,16H,1-5,14H2,(H,15,17). The second-order valence-corrected chi connectivity index (χ2v) is 4.47. The molecule has 0 heterocycles. The van der Waals surface area contributed by atoms with Crippen LogP contribution in [0.3, 0.4) is 0 Å². The largest absolute Gasteiger partial charge is 0.405 e. The fourth-order valence-corrected chi connectivity index (χ4v) is 1.73. The number of aliphatic hydroxyl groups excluding tert-OH is 1. The van der Waals surface area contributed by atoms with Crippen molar-refractivity contribution in [2.75, 3.05) is 6.54 Å². The molecule has 1 amide bonds. The highest BCUT2D eigenvalue weighted by Gasteiger charge is 2.32.